The summed E-state index contributed by atoms with van der Waals surface area (Å²) in [5, 5.41) is 4.69. The van der Waals surface area contributed by atoms with Gasteiger partial charge >= 0.3 is 12.0 Å². The van der Waals surface area contributed by atoms with E-state index in [2.05, 4.69) is 21.2 Å². The van der Waals surface area contributed by atoms with Gasteiger partial charge in [0.1, 0.15) is 17.8 Å². The van der Waals surface area contributed by atoms with Crippen LogP contribution in [0, 0.1) is 0 Å². The van der Waals surface area contributed by atoms with Gasteiger partial charge in [-0.15, -0.1) is 0 Å². The van der Waals surface area contributed by atoms with Gasteiger partial charge in [-0.05, 0) is 47.9 Å². The number of esters is 1. The number of rotatable bonds is 3. The van der Waals surface area contributed by atoms with Crippen LogP contribution in [-0.2, 0) is 9.59 Å². The molecule has 1 N–H and O–H groups in total. The van der Waals surface area contributed by atoms with E-state index in [0.29, 0.717) is 18.6 Å². The highest BCUT2D eigenvalue weighted by molar-refractivity contribution is 9.10. The summed E-state index contributed by atoms with van der Waals surface area (Å²) in [6.07, 6.45) is 3.06. The molecule has 26 heavy (non-hydrogen) atoms. The number of nitrogens with zero attached hydrogens (tertiary/aromatic N) is 1. The summed E-state index contributed by atoms with van der Waals surface area (Å²) in [6.45, 7) is -0.384. The van der Waals surface area contributed by atoms with Crippen molar-refractivity contribution in [2.24, 2.45) is 0 Å². The number of nitrogens with one attached hydrogen (secondary N) is 1. The van der Waals surface area contributed by atoms with Gasteiger partial charge in [0.2, 0.25) is 0 Å². The Labute approximate surface area is 158 Å². The van der Waals surface area contributed by atoms with E-state index >= 15 is 0 Å². The zero-order valence-electron chi connectivity index (χ0n) is 14.0. The molecule has 7 heteroatoms. The molecule has 2 aliphatic rings. The van der Waals surface area contributed by atoms with E-state index in [1.54, 1.807) is 12.1 Å². The number of benzene rings is 2. The summed E-state index contributed by atoms with van der Waals surface area (Å²) in [7, 11) is 0. The average molecular weight is 417 g/mol. The molecule has 0 unspecified atom stereocenters. The number of fused-ring (bicyclic) bond motifs is 1. The maximum Gasteiger partial charge on any atom is 0.331 e. The minimum absolute atomic E-state index is 0.319. The average Bonchev–Trinajstić information content (AvgIpc) is 3.16. The first-order valence-corrected chi connectivity index (χ1v) is 9.30. The number of carbonyl (C=O) groups excluding carboxylic acids is 3. The predicted octanol–water partition coefficient (Wildman–Crippen LogP) is 3.37. The Morgan fingerprint density at radius 2 is 1.81 bits per heavy atom. The first-order chi connectivity index (χ1) is 12.5. The molecule has 2 aromatic rings. The van der Waals surface area contributed by atoms with Crippen LogP contribution in [0.15, 0.2) is 40.9 Å². The second-order valence-corrected chi connectivity index (χ2v) is 7.65. The molecule has 134 valence electrons. The number of urea groups is 1. The number of imide groups is 1. The minimum Gasteiger partial charge on any atom is -0.425 e. The summed E-state index contributed by atoms with van der Waals surface area (Å²) in [4.78, 5) is 37.9. The first kappa shape index (κ1) is 17.0. The molecule has 1 heterocycles. The molecule has 4 rings (SSSR count). The van der Waals surface area contributed by atoms with Crippen molar-refractivity contribution in [3.63, 3.8) is 0 Å². The lowest BCUT2D eigenvalue weighted by atomic mass is 9.98. The van der Waals surface area contributed by atoms with Gasteiger partial charge in [-0.25, -0.2) is 9.59 Å². The second-order valence-electron chi connectivity index (χ2n) is 6.74. The monoisotopic (exact) mass is 416 g/mol. The summed E-state index contributed by atoms with van der Waals surface area (Å²) in [5.74, 6) is -0.576. The fraction of sp³-hybridized carbons (Fsp3) is 0.316. The van der Waals surface area contributed by atoms with Gasteiger partial charge in [-0.3, -0.25) is 9.69 Å². The van der Waals surface area contributed by atoms with Crippen LogP contribution >= 0.6 is 15.9 Å². The van der Waals surface area contributed by atoms with Crippen molar-refractivity contribution in [3.05, 3.63) is 40.9 Å². The SMILES string of the molecule is O=C(CN1C(=O)NC2(CCCC2)C1=O)Oc1ccc2cc(Br)ccc2c1. The van der Waals surface area contributed by atoms with E-state index in [-0.39, 0.29) is 12.5 Å². The van der Waals surface area contributed by atoms with Crippen LogP contribution < -0.4 is 10.1 Å². The van der Waals surface area contributed by atoms with Gasteiger partial charge in [0.05, 0.1) is 0 Å². The minimum atomic E-state index is -0.812. The van der Waals surface area contributed by atoms with Crippen molar-refractivity contribution in [1.29, 1.82) is 0 Å². The first-order valence-electron chi connectivity index (χ1n) is 8.51. The van der Waals surface area contributed by atoms with E-state index in [4.69, 9.17) is 4.74 Å². The molecular formula is C19H17BrN2O4. The summed E-state index contributed by atoms with van der Waals surface area (Å²) in [6, 6.07) is 10.6. The molecule has 3 amide bonds. The highest BCUT2D eigenvalue weighted by atomic mass is 79.9. The summed E-state index contributed by atoms with van der Waals surface area (Å²) >= 11 is 3.42. The molecule has 1 spiro atoms. The Bertz CT molecular complexity index is 921. The van der Waals surface area contributed by atoms with Crippen LogP contribution in [0.1, 0.15) is 25.7 Å². The lowest BCUT2D eigenvalue weighted by Gasteiger charge is -2.19. The van der Waals surface area contributed by atoms with Crippen LogP contribution in [0.5, 0.6) is 5.75 Å². The van der Waals surface area contributed by atoms with Crippen LogP contribution in [0.4, 0.5) is 4.79 Å². The predicted molar refractivity (Wildman–Crippen MR) is 98.7 cm³/mol. The Kier molecular flexibility index (Phi) is 4.19. The fourth-order valence-electron chi connectivity index (χ4n) is 3.69. The topological polar surface area (TPSA) is 75.7 Å². The van der Waals surface area contributed by atoms with Crippen LogP contribution in [0.25, 0.3) is 10.8 Å². The number of ether oxygens (including phenoxy) is 1. The molecule has 6 nitrogen and oxygen atoms in total. The zero-order chi connectivity index (χ0) is 18.3. The maximum absolute atomic E-state index is 12.6. The zero-order valence-corrected chi connectivity index (χ0v) is 15.5. The third-order valence-electron chi connectivity index (χ3n) is 5.00. The van der Waals surface area contributed by atoms with E-state index in [1.165, 1.54) is 0 Å². The van der Waals surface area contributed by atoms with Gasteiger partial charge in [-0.2, -0.15) is 0 Å². The van der Waals surface area contributed by atoms with Gasteiger partial charge in [0.15, 0.2) is 0 Å². The van der Waals surface area contributed by atoms with Gasteiger partial charge in [0, 0.05) is 4.47 Å². The highest BCUT2D eigenvalue weighted by Gasteiger charge is 2.52. The summed E-state index contributed by atoms with van der Waals surface area (Å²) in [5.41, 5.74) is -0.812. The molecule has 0 radical (unpaired) electrons. The molecule has 0 atom stereocenters. The standard InChI is InChI=1S/C19H17BrN2O4/c20-14-5-3-13-10-15(6-4-12(13)9-14)26-16(23)11-22-17(24)19(21-18(22)25)7-1-2-8-19/h3-6,9-10H,1-2,7-8,11H2,(H,21,25). The van der Waals surface area contributed by atoms with Crippen molar-refractivity contribution in [3.8, 4) is 5.75 Å². The third-order valence-corrected chi connectivity index (χ3v) is 5.49. The third kappa shape index (κ3) is 2.96. The van der Waals surface area contributed by atoms with Gasteiger partial charge in [-0.1, -0.05) is 40.9 Å². The second kappa shape index (κ2) is 6.39. The number of amides is 3. The number of hydrogen-bond donors (Lipinski definition) is 1. The Morgan fingerprint density at radius 1 is 1.12 bits per heavy atom. The van der Waals surface area contributed by atoms with Crippen molar-refractivity contribution >= 4 is 44.6 Å². The Balaban J connectivity index is 1.46. The van der Waals surface area contributed by atoms with Crippen molar-refractivity contribution < 1.29 is 19.1 Å². The van der Waals surface area contributed by atoms with Crippen LogP contribution in [0.3, 0.4) is 0 Å². The van der Waals surface area contributed by atoms with E-state index < -0.39 is 17.5 Å². The quantitative estimate of drug-likeness (QED) is 0.472. The molecule has 0 aromatic heterocycles. The molecule has 1 aliphatic heterocycles. The molecule has 1 aliphatic carbocycles. The largest absolute Gasteiger partial charge is 0.425 e. The lowest BCUT2D eigenvalue weighted by Crippen LogP contribution is -2.44. The number of hydrogen-bond acceptors (Lipinski definition) is 4. The normalized spacial score (nSPS) is 18.6. The number of halogens is 1. The van der Waals surface area contributed by atoms with Crippen LogP contribution in [0.2, 0.25) is 0 Å². The molecule has 0 bridgehead atoms. The molecular weight excluding hydrogens is 400 g/mol. The fourth-order valence-corrected chi connectivity index (χ4v) is 4.07. The van der Waals surface area contributed by atoms with Crippen molar-refractivity contribution in [2.75, 3.05) is 6.54 Å². The van der Waals surface area contributed by atoms with E-state index in [0.717, 1.165) is 33.0 Å². The van der Waals surface area contributed by atoms with Crippen molar-refractivity contribution in [1.82, 2.24) is 10.2 Å². The van der Waals surface area contributed by atoms with Crippen LogP contribution in [-0.4, -0.2) is 34.9 Å². The highest BCUT2D eigenvalue weighted by Crippen LogP contribution is 2.35. The van der Waals surface area contributed by atoms with Gasteiger partial charge in [0.25, 0.3) is 5.91 Å². The Morgan fingerprint density at radius 3 is 2.58 bits per heavy atom. The molecule has 1 saturated heterocycles. The molecule has 1 saturated carbocycles. The van der Waals surface area contributed by atoms with Crippen molar-refractivity contribution in [2.45, 2.75) is 31.2 Å². The van der Waals surface area contributed by atoms with Gasteiger partial charge < -0.3 is 10.1 Å². The number of carbonyl (C=O) groups is 3. The lowest BCUT2D eigenvalue weighted by molar-refractivity contribution is -0.140. The smallest absolute Gasteiger partial charge is 0.331 e. The maximum atomic E-state index is 12.6. The molecule has 2 fully saturated rings. The molecule has 2 aromatic carbocycles. The summed E-state index contributed by atoms with van der Waals surface area (Å²) < 4.78 is 6.30. The van der Waals surface area contributed by atoms with E-state index in [9.17, 15) is 14.4 Å². The Hall–Kier alpha value is -2.41. The van der Waals surface area contributed by atoms with E-state index in [1.807, 2.05) is 24.3 Å².